The quantitative estimate of drug-likeness (QED) is 0.894. The summed E-state index contributed by atoms with van der Waals surface area (Å²) in [5.41, 5.74) is 3.61. The third kappa shape index (κ3) is 2.95. The van der Waals surface area contributed by atoms with E-state index in [1.807, 2.05) is 18.2 Å². The Hall–Kier alpha value is -1.47. The molecule has 5 nitrogen and oxygen atoms in total. The minimum Gasteiger partial charge on any atom is -0.462 e. The van der Waals surface area contributed by atoms with Crippen LogP contribution in [0, 0.1) is 0 Å². The molecular formula is C20H24N2O3S. The van der Waals surface area contributed by atoms with Crippen molar-refractivity contribution >= 4 is 11.3 Å². The Kier molecular flexibility index (Phi) is 4.24. The van der Waals surface area contributed by atoms with Crippen molar-refractivity contribution in [1.29, 1.82) is 0 Å². The molecule has 3 heterocycles. The second-order valence-corrected chi connectivity index (χ2v) is 8.51. The molecule has 1 saturated carbocycles. The zero-order valence-electron chi connectivity index (χ0n) is 14.8. The highest BCUT2D eigenvalue weighted by molar-refractivity contribution is 7.09. The van der Waals surface area contributed by atoms with Gasteiger partial charge in [-0.05, 0) is 30.5 Å². The lowest BCUT2D eigenvalue weighted by Crippen LogP contribution is -2.54. The number of thiazole rings is 1. The van der Waals surface area contributed by atoms with Crippen molar-refractivity contribution in [1.82, 2.24) is 9.88 Å². The lowest BCUT2D eigenvalue weighted by atomic mass is 9.89. The normalized spacial score (nSPS) is 23.9. The topological polar surface area (TPSA) is 54.8 Å². The molecule has 1 saturated heterocycles. The first-order chi connectivity index (χ1) is 12.7. The Morgan fingerprint density at radius 1 is 1.27 bits per heavy atom. The zero-order chi connectivity index (χ0) is 17.6. The summed E-state index contributed by atoms with van der Waals surface area (Å²) in [7, 11) is 0. The summed E-state index contributed by atoms with van der Waals surface area (Å²) in [4.78, 5) is 7.50. The van der Waals surface area contributed by atoms with E-state index < -0.39 is 11.9 Å². The maximum Gasteiger partial charge on any atom is 0.213 e. The van der Waals surface area contributed by atoms with E-state index in [2.05, 4.69) is 9.88 Å². The van der Waals surface area contributed by atoms with E-state index in [-0.39, 0.29) is 0 Å². The fourth-order valence-electron chi connectivity index (χ4n) is 4.17. The molecule has 1 spiro atoms. The summed E-state index contributed by atoms with van der Waals surface area (Å²) in [6.07, 6.45) is 7.00. The van der Waals surface area contributed by atoms with Crippen molar-refractivity contribution in [2.45, 2.75) is 56.6 Å². The van der Waals surface area contributed by atoms with Gasteiger partial charge >= 0.3 is 0 Å². The van der Waals surface area contributed by atoms with Gasteiger partial charge in [0.1, 0.15) is 11.9 Å². The summed E-state index contributed by atoms with van der Waals surface area (Å²) in [5, 5.41) is 10.5. The first-order valence-electron chi connectivity index (χ1n) is 9.49. The molecule has 2 fully saturated rings. The molecule has 5 rings (SSSR count). The largest absolute Gasteiger partial charge is 0.462 e. The minimum atomic E-state index is -0.644. The number of nitrogens with zero attached hydrogens (tertiary/aromatic N) is 2. The molecule has 6 heteroatoms. The third-order valence-corrected chi connectivity index (χ3v) is 6.89. The van der Waals surface area contributed by atoms with Crippen molar-refractivity contribution < 1.29 is 14.6 Å². The summed E-state index contributed by atoms with van der Waals surface area (Å²) < 4.78 is 12.5. The Bertz CT molecular complexity index is 767. The van der Waals surface area contributed by atoms with Gasteiger partial charge in [0.05, 0.1) is 17.0 Å². The molecule has 3 aliphatic rings. The van der Waals surface area contributed by atoms with Crippen LogP contribution in [0.25, 0.3) is 0 Å². The molecule has 0 radical (unpaired) electrons. The van der Waals surface area contributed by atoms with Crippen LogP contribution in [-0.4, -0.2) is 39.9 Å². The number of piperidine rings is 1. The van der Waals surface area contributed by atoms with Crippen LogP contribution in [0.3, 0.4) is 0 Å². The highest BCUT2D eigenvalue weighted by Crippen LogP contribution is 2.40. The lowest BCUT2D eigenvalue weighted by Gasteiger charge is -2.47. The predicted molar refractivity (Wildman–Crippen MR) is 99.2 cm³/mol. The van der Waals surface area contributed by atoms with Crippen LogP contribution in [0.4, 0.5) is 0 Å². The van der Waals surface area contributed by atoms with E-state index in [1.165, 1.54) is 30.6 Å². The number of ether oxygens (including phenoxy) is 2. The van der Waals surface area contributed by atoms with Gasteiger partial charge in [0.2, 0.25) is 5.79 Å². The second-order valence-electron chi connectivity index (χ2n) is 7.60. The number of rotatable bonds is 3. The smallest absolute Gasteiger partial charge is 0.213 e. The molecule has 2 aromatic rings. The van der Waals surface area contributed by atoms with Gasteiger partial charge in [-0.3, -0.25) is 9.88 Å². The standard InChI is InChI=1S/C20H24N2O3S/c23-19(18-11-21-13-26-18)14-4-5-17-15(10-14)12-24-20(25-17)6-8-22(9-7-20)16-2-1-3-16/h4-5,10-11,13,16,19,23H,1-3,6-9,12H2. The van der Waals surface area contributed by atoms with E-state index >= 15 is 0 Å². The van der Waals surface area contributed by atoms with Gasteiger partial charge in [-0.2, -0.15) is 0 Å². The van der Waals surface area contributed by atoms with Crippen molar-refractivity contribution in [3.8, 4) is 5.75 Å². The van der Waals surface area contributed by atoms with Crippen LogP contribution in [-0.2, 0) is 11.3 Å². The maximum atomic E-state index is 10.5. The number of likely N-dealkylation sites (tertiary alicyclic amines) is 1. The average Bonchev–Trinajstić information content (AvgIpc) is 3.16. The van der Waals surface area contributed by atoms with Crippen LogP contribution in [0.1, 0.15) is 54.2 Å². The SMILES string of the molecule is OC(c1ccc2c(c1)COC1(CCN(C3CCC3)CC1)O2)c1cncs1. The Labute approximate surface area is 157 Å². The van der Waals surface area contributed by atoms with Crippen molar-refractivity contribution in [3.63, 3.8) is 0 Å². The first-order valence-corrected chi connectivity index (χ1v) is 10.4. The van der Waals surface area contributed by atoms with E-state index in [9.17, 15) is 5.11 Å². The third-order valence-electron chi connectivity index (χ3n) is 6.06. The van der Waals surface area contributed by atoms with Gasteiger partial charge in [0.25, 0.3) is 0 Å². The van der Waals surface area contributed by atoms with E-state index in [1.54, 1.807) is 11.7 Å². The number of aliphatic hydroxyl groups excluding tert-OH is 1. The number of hydrogen-bond acceptors (Lipinski definition) is 6. The average molecular weight is 372 g/mol. The summed E-state index contributed by atoms with van der Waals surface area (Å²) in [6.45, 7) is 2.66. The van der Waals surface area contributed by atoms with Gasteiger partial charge in [-0.15, -0.1) is 11.3 Å². The van der Waals surface area contributed by atoms with Gasteiger partial charge in [0.15, 0.2) is 0 Å². The Balaban J connectivity index is 1.29. The maximum absolute atomic E-state index is 10.5. The Morgan fingerprint density at radius 3 is 2.81 bits per heavy atom. The van der Waals surface area contributed by atoms with E-state index in [4.69, 9.17) is 9.47 Å². The number of aromatic nitrogens is 1. The van der Waals surface area contributed by atoms with Gasteiger partial charge < -0.3 is 14.6 Å². The first kappa shape index (κ1) is 16.7. The molecule has 1 aliphatic carbocycles. The van der Waals surface area contributed by atoms with Gasteiger partial charge in [-0.25, -0.2) is 0 Å². The highest BCUT2D eigenvalue weighted by Gasteiger charge is 2.42. The van der Waals surface area contributed by atoms with Crippen LogP contribution >= 0.6 is 11.3 Å². The number of aliphatic hydroxyl groups is 1. The summed E-state index contributed by atoms with van der Waals surface area (Å²) in [6, 6.07) is 6.72. The molecule has 1 aromatic carbocycles. The van der Waals surface area contributed by atoms with Crippen molar-refractivity contribution in [2.24, 2.45) is 0 Å². The summed E-state index contributed by atoms with van der Waals surface area (Å²) >= 11 is 1.46. The number of benzene rings is 1. The van der Waals surface area contributed by atoms with Crippen LogP contribution in [0.15, 0.2) is 29.9 Å². The molecule has 138 valence electrons. The molecule has 1 N–H and O–H groups in total. The molecule has 1 aromatic heterocycles. The van der Waals surface area contributed by atoms with Crippen molar-refractivity contribution in [2.75, 3.05) is 13.1 Å². The van der Waals surface area contributed by atoms with Crippen LogP contribution in [0.2, 0.25) is 0 Å². The highest BCUT2D eigenvalue weighted by atomic mass is 32.1. The molecule has 1 atom stereocenters. The number of fused-ring (bicyclic) bond motifs is 1. The lowest BCUT2D eigenvalue weighted by molar-refractivity contribution is -0.231. The molecular weight excluding hydrogens is 348 g/mol. The molecule has 0 bridgehead atoms. The van der Waals surface area contributed by atoms with Gasteiger partial charge in [-0.1, -0.05) is 12.5 Å². The zero-order valence-corrected chi connectivity index (χ0v) is 15.6. The predicted octanol–water partition coefficient (Wildman–Crippen LogP) is 3.48. The summed E-state index contributed by atoms with van der Waals surface area (Å²) in [5.74, 6) is 0.430. The van der Waals surface area contributed by atoms with Crippen LogP contribution in [0.5, 0.6) is 5.75 Å². The number of hydrogen-bond donors (Lipinski definition) is 1. The van der Waals surface area contributed by atoms with E-state index in [0.717, 1.165) is 53.7 Å². The second kappa shape index (κ2) is 6.60. The van der Waals surface area contributed by atoms with Crippen LogP contribution < -0.4 is 4.74 Å². The minimum absolute atomic E-state index is 0.467. The molecule has 26 heavy (non-hydrogen) atoms. The fraction of sp³-hybridized carbons (Fsp3) is 0.550. The molecule has 0 amide bonds. The monoisotopic (exact) mass is 372 g/mol. The fourth-order valence-corrected chi connectivity index (χ4v) is 4.80. The van der Waals surface area contributed by atoms with Crippen molar-refractivity contribution in [3.05, 3.63) is 45.9 Å². The Morgan fingerprint density at radius 2 is 2.12 bits per heavy atom. The molecule has 1 unspecified atom stereocenters. The van der Waals surface area contributed by atoms with Gasteiger partial charge in [0, 0.05) is 43.7 Å². The molecule has 2 aliphatic heterocycles. The van der Waals surface area contributed by atoms with E-state index in [0.29, 0.717) is 6.61 Å².